The molecule has 1 unspecified atom stereocenters. The Bertz CT molecular complexity index is 551. The van der Waals surface area contributed by atoms with Crippen molar-refractivity contribution < 1.29 is 9.90 Å². The molecule has 1 aliphatic carbocycles. The van der Waals surface area contributed by atoms with Crippen molar-refractivity contribution >= 4 is 27.8 Å². The highest BCUT2D eigenvalue weighted by atomic mass is 79.9. The van der Waals surface area contributed by atoms with Crippen molar-refractivity contribution in [2.45, 2.75) is 58.2 Å². The number of carboxylic acid groups (broad SMARTS) is 1. The quantitative estimate of drug-likeness (QED) is 0.648. The molecule has 1 aromatic rings. The Morgan fingerprint density at radius 2 is 2.00 bits per heavy atom. The van der Waals surface area contributed by atoms with Crippen molar-refractivity contribution in [3.05, 3.63) is 23.9 Å². The van der Waals surface area contributed by atoms with Crippen molar-refractivity contribution in [1.29, 1.82) is 0 Å². The number of aromatic nitrogens is 1. The SMILES string of the molecule is CC(C)(C)C(CN(C(=O)O)c1cccc(CBr)n1)C1CCCCC1. The zero-order chi connectivity index (χ0) is 17.7. The summed E-state index contributed by atoms with van der Waals surface area (Å²) in [7, 11) is 0. The molecule has 0 bridgehead atoms. The van der Waals surface area contributed by atoms with Gasteiger partial charge in [0.25, 0.3) is 0 Å². The van der Waals surface area contributed by atoms with Crippen molar-refractivity contribution in [3.8, 4) is 0 Å². The normalized spacial score (nSPS) is 17.5. The molecular weight excluding hydrogens is 368 g/mol. The molecule has 0 radical (unpaired) electrons. The molecule has 0 spiro atoms. The van der Waals surface area contributed by atoms with Crippen LogP contribution >= 0.6 is 15.9 Å². The maximum absolute atomic E-state index is 11.9. The molecule has 1 saturated carbocycles. The smallest absolute Gasteiger partial charge is 0.413 e. The Hall–Kier alpha value is -1.10. The fourth-order valence-corrected chi connectivity index (χ4v) is 4.14. The third-order valence-corrected chi connectivity index (χ3v) is 5.72. The molecule has 1 fully saturated rings. The number of hydrogen-bond donors (Lipinski definition) is 1. The first-order valence-corrected chi connectivity index (χ1v) is 9.97. The van der Waals surface area contributed by atoms with Gasteiger partial charge in [-0.3, -0.25) is 4.90 Å². The molecule has 24 heavy (non-hydrogen) atoms. The Morgan fingerprint density at radius 3 is 2.54 bits per heavy atom. The third-order valence-electron chi connectivity index (χ3n) is 5.15. The second-order valence-corrected chi connectivity index (χ2v) is 8.45. The monoisotopic (exact) mass is 396 g/mol. The molecule has 1 aromatic heterocycles. The number of halogens is 1. The maximum atomic E-state index is 11.9. The molecule has 2 rings (SSSR count). The van der Waals surface area contributed by atoms with E-state index < -0.39 is 6.09 Å². The van der Waals surface area contributed by atoms with E-state index in [1.165, 1.54) is 37.0 Å². The van der Waals surface area contributed by atoms with E-state index in [4.69, 9.17) is 0 Å². The zero-order valence-electron chi connectivity index (χ0n) is 15.0. The van der Waals surface area contributed by atoms with E-state index >= 15 is 0 Å². The van der Waals surface area contributed by atoms with Crippen molar-refractivity contribution in [2.24, 2.45) is 17.3 Å². The van der Waals surface area contributed by atoms with E-state index in [-0.39, 0.29) is 5.41 Å². The summed E-state index contributed by atoms with van der Waals surface area (Å²) in [5.41, 5.74) is 0.923. The van der Waals surface area contributed by atoms with Crippen molar-refractivity contribution in [1.82, 2.24) is 4.98 Å². The minimum absolute atomic E-state index is 0.0722. The standard InChI is InChI=1S/C19H29BrN2O2/c1-19(2,3)16(14-8-5-4-6-9-14)13-22(18(23)24)17-11-7-10-15(12-20)21-17/h7,10-11,14,16H,4-6,8-9,12-13H2,1-3H3,(H,23,24). The highest BCUT2D eigenvalue weighted by Gasteiger charge is 2.36. The zero-order valence-corrected chi connectivity index (χ0v) is 16.6. The number of amides is 1. The van der Waals surface area contributed by atoms with Gasteiger partial charge in [-0.2, -0.15) is 0 Å². The Labute approximate surface area is 153 Å². The van der Waals surface area contributed by atoms with Crippen LogP contribution in [0.2, 0.25) is 0 Å². The second-order valence-electron chi connectivity index (χ2n) is 7.88. The van der Waals surface area contributed by atoms with E-state index in [2.05, 4.69) is 41.7 Å². The molecule has 0 aromatic carbocycles. The third kappa shape index (κ3) is 4.95. The number of rotatable bonds is 5. The molecule has 1 heterocycles. The van der Waals surface area contributed by atoms with Gasteiger partial charge in [-0.05, 0) is 29.4 Å². The van der Waals surface area contributed by atoms with Gasteiger partial charge in [-0.25, -0.2) is 9.78 Å². The minimum atomic E-state index is -0.917. The molecule has 134 valence electrons. The van der Waals surface area contributed by atoms with E-state index in [1.54, 1.807) is 6.07 Å². The second kappa shape index (κ2) is 8.32. The van der Waals surface area contributed by atoms with Crippen LogP contribution in [0.3, 0.4) is 0 Å². The predicted octanol–water partition coefficient (Wildman–Crippen LogP) is 5.70. The summed E-state index contributed by atoms with van der Waals surface area (Å²) >= 11 is 3.39. The Morgan fingerprint density at radius 1 is 1.33 bits per heavy atom. The van der Waals surface area contributed by atoms with Gasteiger partial charge in [0.1, 0.15) is 5.82 Å². The molecular formula is C19H29BrN2O2. The van der Waals surface area contributed by atoms with Crippen LogP contribution in [0.4, 0.5) is 10.6 Å². The maximum Gasteiger partial charge on any atom is 0.413 e. The number of carbonyl (C=O) groups is 1. The number of anilines is 1. The van der Waals surface area contributed by atoms with Gasteiger partial charge >= 0.3 is 6.09 Å². The molecule has 0 saturated heterocycles. The first-order chi connectivity index (χ1) is 11.3. The molecule has 1 aliphatic rings. The highest BCUT2D eigenvalue weighted by Crippen LogP contribution is 2.40. The molecule has 4 nitrogen and oxygen atoms in total. The molecule has 1 atom stereocenters. The molecule has 1 amide bonds. The van der Waals surface area contributed by atoms with Crippen LogP contribution in [0.25, 0.3) is 0 Å². The van der Waals surface area contributed by atoms with Crippen LogP contribution < -0.4 is 4.90 Å². The largest absolute Gasteiger partial charge is 0.465 e. The van der Waals surface area contributed by atoms with Crippen LogP contribution in [0, 0.1) is 17.3 Å². The highest BCUT2D eigenvalue weighted by molar-refractivity contribution is 9.08. The molecule has 1 N–H and O–H groups in total. The molecule has 0 aliphatic heterocycles. The summed E-state index contributed by atoms with van der Waals surface area (Å²) in [6.07, 6.45) is 5.35. The van der Waals surface area contributed by atoms with E-state index in [0.717, 1.165) is 5.69 Å². The summed E-state index contributed by atoms with van der Waals surface area (Å²) in [5, 5.41) is 10.4. The summed E-state index contributed by atoms with van der Waals surface area (Å²) in [6, 6.07) is 5.57. The van der Waals surface area contributed by atoms with Gasteiger partial charge in [0, 0.05) is 11.9 Å². The van der Waals surface area contributed by atoms with Crippen LogP contribution in [-0.2, 0) is 5.33 Å². The first-order valence-electron chi connectivity index (χ1n) is 8.85. The summed E-state index contributed by atoms with van der Waals surface area (Å²) < 4.78 is 0. The van der Waals surface area contributed by atoms with E-state index in [0.29, 0.717) is 29.5 Å². The lowest BCUT2D eigenvalue weighted by atomic mass is 9.68. The number of pyridine rings is 1. The Kier molecular flexibility index (Phi) is 6.67. The summed E-state index contributed by atoms with van der Waals surface area (Å²) in [4.78, 5) is 17.9. The van der Waals surface area contributed by atoms with Crippen molar-refractivity contribution in [2.75, 3.05) is 11.4 Å². The lowest BCUT2D eigenvalue weighted by Gasteiger charge is -2.41. The van der Waals surface area contributed by atoms with Crippen LogP contribution in [0.1, 0.15) is 58.6 Å². The fraction of sp³-hybridized carbons (Fsp3) is 0.684. The van der Waals surface area contributed by atoms with E-state index in [1.807, 2.05) is 12.1 Å². The van der Waals surface area contributed by atoms with Gasteiger partial charge in [0.15, 0.2) is 0 Å². The topological polar surface area (TPSA) is 53.4 Å². The van der Waals surface area contributed by atoms with Crippen LogP contribution in [0.15, 0.2) is 18.2 Å². The fourth-order valence-electron chi connectivity index (χ4n) is 3.82. The predicted molar refractivity (Wildman–Crippen MR) is 102 cm³/mol. The molecule has 5 heteroatoms. The summed E-state index contributed by atoms with van der Waals surface area (Å²) in [6.45, 7) is 7.21. The van der Waals surface area contributed by atoms with Gasteiger partial charge in [0.2, 0.25) is 0 Å². The number of nitrogens with zero attached hydrogens (tertiary/aromatic N) is 2. The van der Waals surface area contributed by atoms with Gasteiger partial charge in [-0.15, -0.1) is 0 Å². The number of hydrogen-bond acceptors (Lipinski definition) is 2. The average Bonchev–Trinajstić information content (AvgIpc) is 2.55. The van der Waals surface area contributed by atoms with Crippen LogP contribution in [-0.4, -0.2) is 22.7 Å². The lowest BCUT2D eigenvalue weighted by molar-refractivity contribution is 0.126. The van der Waals surface area contributed by atoms with Crippen LogP contribution in [0.5, 0.6) is 0 Å². The van der Waals surface area contributed by atoms with Gasteiger partial charge < -0.3 is 5.11 Å². The average molecular weight is 397 g/mol. The first kappa shape index (κ1) is 19.2. The summed E-state index contributed by atoms with van der Waals surface area (Å²) in [5.74, 6) is 1.47. The van der Waals surface area contributed by atoms with Crippen molar-refractivity contribution in [3.63, 3.8) is 0 Å². The number of alkyl halides is 1. The van der Waals surface area contributed by atoms with E-state index in [9.17, 15) is 9.90 Å². The van der Waals surface area contributed by atoms with Gasteiger partial charge in [0.05, 0.1) is 5.69 Å². The lowest BCUT2D eigenvalue weighted by Crippen LogP contribution is -2.43. The van der Waals surface area contributed by atoms with Gasteiger partial charge in [-0.1, -0.05) is 74.9 Å². The minimum Gasteiger partial charge on any atom is -0.465 e. The Balaban J connectivity index is 2.26.